The molecule has 1 heterocycles. The van der Waals surface area contributed by atoms with Gasteiger partial charge in [-0.15, -0.1) is 10.2 Å². The number of anilines is 1. The van der Waals surface area contributed by atoms with Crippen molar-refractivity contribution in [3.63, 3.8) is 0 Å². The number of amides is 1. The van der Waals surface area contributed by atoms with Crippen molar-refractivity contribution in [2.45, 2.75) is 6.92 Å². The number of phenols is 2. The van der Waals surface area contributed by atoms with Crippen LogP contribution in [-0.4, -0.2) is 26.3 Å². The second kappa shape index (κ2) is 6.05. The number of carbonyl (C=O) groups excluding carboxylic acids is 1. The quantitative estimate of drug-likeness (QED) is 0.642. The van der Waals surface area contributed by atoms with Gasteiger partial charge in [0.2, 0.25) is 5.13 Å². The second-order valence-corrected chi connectivity index (χ2v) is 5.91. The molecule has 0 aliphatic rings. The molecular weight excluding hydrogens is 314 g/mol. The number of carbonyl (C=O) groups is 1. The van der Waals surface area contributed by atoms with Crippen LogP contribution in [0.4, 0.5) is 5.13 Å². The van der Waals surface area contributed by atoms with Gasteiger partial charge in [-0.05, 0) is 37.3 Å². The molecule has 3 aromatic rings. The third kappa shape index (κ3) is 3.29. The van der Waals surface area contributed by atoms with E-state index in [1.165, 1.54) is 23.5 Å². The lowest BCUT2D eigenvalue weighted by Gasteiger charge is -2.01. The van der Waals surface area contributed by atoms with Crippen LogP contribution in [0.2, 0.25) is 0 Å². The van der Waals surface area contributed by atoms with Crippen LogP contribution in [0.5, 0.6) is 11.5 Å². The fourth-order valence-corrected chi connectivity index (χ4v) is 2.66. The first kappa shape index (κ1) is 15.0. The zero-order valence-corrected chi connectivity index (χ0v) is 13.0. The molecular formula is C16H13N3O3S. The number of aryl methyl sites for hydroxylation is 1. The topological polar surface area (TPSA) is 95.3 Å². The number of nitrogens with zero attached hydrogens (tertiary/aromatic N) is 2. The molecule has 0 radical (unpaired) electrons. The maximum absolute atomic E-state index is 12.1. The third-order valence-electron chi connectivity index (χ3n) is 3.18. The highest BCUT2D eigenvalue weighted by Crippen LogP contribution is 2.33. The number of benzene rings is 2. The highest BCUT2D eigenvalue weighted by molar-refractivity contribution is 7.18. The minimum atomic E-state index is -0.263. The van der Waals surface area contributed by atoms with E-state index in [9.17, 15) is 15.0 Å². The van der Waals surface area contributed by atoms with Crippen molar-refractivity contribution in [3.05, 3.63) is 53.6 Å². The van der Waals surface area contributed by atoms with E-state index in [-0.39, 0.29) is 17.4 Å². The summed E-state index contributed by atoms with van der Waals surface area (Å²) >= 11 is 1.18. The minimum absolute atomic E-state index is 0.203. The molecule has 0 fully saturated rings. The van der Waals surface area contributed by atoms with Gasteiger partial charge in [-0.3, -0.25) is 10.1 Å². The number of aromatic hydroxyl groups is 2. The SMILES string of the molecule is Cc1ccc(C(=O)Nc2nnc(-c3ccc(O)c(O)c3)s2)cc1. The molecule has 1 amide bonds. The molecule has 0 bridgehead atoms. The molecule has 0 aliphatic carbocycles. The molecule has 0 unspecified atom stereocenters. The molecule has 0 spiro atoms. The Hall–Kier alpha value is -2.93. The molecule has 7 heteroatoms. The van der Waals surface area contributed by atoms with Crippen LogP contribution in [0.3, 0.4) is 0 Å². The smallest absolute Gasteiger partial charge is 0.257 e. The molecule has 116 valence electrons. The van der Waals surface area contributed by atoms with Crippen molar-refractivity contribution >= 4 is 22.4 Å². The van der Waals surface area contributed by atoms with E-state index >= 15 is 0 Å². The van der Waals surface area contributed by atoms with E-state index in [2.05, 4.69) is 15.5 Å². The predicted molar refractivity (Wildman–Crippen MR) is 87.8 cm³/mol. The highest BCUT2D eigenvalue weighted by atomic mass is 32.1. The van der Waals surface area contributed by atoms with Gasteiger partial charge in [0.15, 0.2) is 11.5 Å². The van der Waals surface area contributed by atoms with Gasteiger partial charge < -0.3 is 10.2 Å². The van der Waals surface area contributed by atoms with Crippen molar-refractivity contribution in [2.24, 2.45) is 0 Å². The first-order valence-electron chi connectivity index (χ1n) is 6.77. The van der Waals surface area contributed by atoms with Gasteiger partial charge in [-0.2, -0.15) is 0 Å². The maximum atomic E-state index is 12.1. The Kier molecular flexibility index (Phi) is 3.94. The Morgan fingerprint density at radius 2 is 1.78 bits per heavy atom. The zero-order valence-electron chi connectivity index (χ0n) is 12.1. The van der Waals surface area contributed by atoms with Gasteiger partial charge in [-0.1, -0.05) is 29.0 Å². The molecule has 3 N–H and O–H groups in total. The maximum Gasteiger partial charge on any atom is 0.257 e. The molecule has 0 atom stereocenters. The van der Waals surface area contributed by atoms with Crippen molar-refractivity contribution in [1.82, 2.24) is 10.2 Å². The minimum Gasteiger partial charge on any atom is -0.504 e. The summed E-state index contributed by atoms with van der Waals surface area (Å²) in [6.45, 7) is 1.95. The van der Waals surface area contributed by atoms with Crippen molar-refractivity contribution < 1.29 is 15.0 Å². The monoisotopic (exact) mass is 327 g/mol. The van der Waals surface area contributed by atoms with Crippen LogP contribution >= 0.6 is 11.3 Å². The van der Waals surface area contributed by atoms with Gasteiger partial charge >= 0.3 is 0 Å². The van der Waals surface area contributed by atoms with Crippen molar-refractivity contribution in [1.29, 1.82) is 0 Å². The van der Waals surface area contributed by atoms with Gasteiger partial charge in [0, 0.05) is 11.1 Å². The molecule has 2 aromatic carbocycles. The van der Waals surface area contributed by atoms with E-state index in [0.717, 1.165) is 5.56 Å². The van der Waals surface area contributed by atoms with E-state index in [4.69, 9.17) is 0 Å². The number of hydrogen-bond acceptors (Lipinski definition) is 6. The summed E-state index contributed by atoms with van der Waals surface area (Å²) in [4.78, 5) is 12.1. The standard InChI is InChI=1S/C16H13N3O3S/c1-9-2-4-10(5-3-9)14(22)17-16-19-18-15(23-16)11-6-7-12(20)13(21)8-11/h2-8,20-21H,1H3,(H,17,19,22). The summed E-state index contributed by atoms with van der Waals surface area (Å²) in [5.41, 5.74) is 2.22. The van der Waals surface area contributed by atoms with Gasteiger partial charge in [0.05, 0.1) is 0 Å². The average molecular weight is 327 g/mol. The molecule has 23 heavy (non-hydrogen) atoms. The summed E-state index contributed by atoms with van der Waals surface area (Å²) in [5.74, 6) is -0.699. The molecule has 0 aliphatic heterocycles. The lowest BCUT2D eigenvalue weighted by Crippen LogP contribution is -2.11. The number of nitrogens with one attached hydrogen (secondary N) is 1. The summed E-state index contributed by atoms with van der Waals surface area (Å²) in [6.07, 6.45) is 0. The second-order valence-electron chi connectivity index (χ2n) is 4.94. The zero-order chi connectivity index (χ0) is 16.4. The van der Waals surface area contributed by atoms with Crippen LogP contribution in [0, 0.1) is 6.92 Å². The first-order valence-corrected chi connectivity index (χ1v) is 7.58. The number of rotatable bonds is 3. The fourth-order valence-electron chi connectivity index (χ4n) is 1.92. The Bertz CT molecular complexity index is 859. The van der Waals surface area contributed by atoms with Crippen molar-refractivity contribution in [2.75, 3.05) is 5.32 Å². The van der Waals surface area contributed by atoms with Crippen LogP contribution < -0.4 is 5.32 Å². The Labute approximate surface area is 136 Å². The molecule has 0 saturated carbocycles. The van der Waals surface area contributed by atoms with Crippen molar-refractivity contribution in [3.8, 4) is 22.1 Å². The average Bonchev–Trinajstić information content (AvgIpc) is 2.99. The molecule has 0 saturated heterocycles. The van der Waals surface area contributed by atoms with Crippen LogP contribution in [0.25, 0.3) is 10.6 Å². The van der Waals surface area contributed by atoms with E-state index < -0.39 is 0 Å². The number of aromatic nitrogens is 2. The van der Waals surface area contributed by atoms with E-state index in [1.807, 2.05) is 19.1 Å². The summed E-state index contributed by atoms with van der Waals surface area (Å²) in [5, 5.41) is 30.3. The normalized spacial score (nSPS) is 10.5. The molecule has 3 rings (SSSR count). The van der Waals surface area contributed by atoms with Gasteiger partial charge in [0.25, 0.3) is 5.91 Å². The Morgan fingerprint density at radius 1 is 1.04 bits per heavy atom. The first-order chi connectivity index (χ1) is 11.0. The van der Waals surface area contributed by atoms with Crippen LogP contribution in [-0.2, 0) is 0 Å². The largest absolute Gasteiger partial charge is 0.504 e. The summed E-state index contributed by atoms with van der Waals surface area (Å²) < 4.78 is 0. The third-order valence-corrected chi connectivity index (χ3v) is 4.07. The van der Waals surface area contributed by atoms with Gasteiger partial charge in [0.1, 0.15) is 5.01 Å². The number of phenolic OH excluding ortho intramolecular Hbond substituents is 2. The molecule has 1 aromatic heterocycles. The summed E-state index contributed by atoms with van der Waals surface area (Å²) in [6, 6.07) is 11.6. The Balaban J connectivity index is 1.77. The van der Waals surface area contributed by atoms with E-state index in [1.54, 1.807) is 18.2 Å². The molecule has 6 nitrogen and oxygen atoms in total. The van der Waals surface area contributed by atoms with Crippen LogP contribution in [0.1, 0.15) is 15.9 Å². The van der Waals surface area contributed by atoms with Gasteiger partial charge in [-0.25, -0.2) is 0 Å². The van der Waals surface area contributed by atoms with Crippen LogP contribution in [0.15, 0.2) is 42.5 Å². The Morgan fingerprint density at radius 3 is 2.48 bits per heavy atom. The lowest BCUT2D eigenvalue weighted by molar-refractivity contribution is 0.102. The lowest BCUT2D eigenvalue weighted by atomic mass is 10.1. The summed E-state index contributed by atoms with van der Waals surface area (Å²) in [7, 11) is 0. The van der Waals surface area contributed by atoms with E-state index in [0.29, 0.717) is 21.3 Å². The fraction of sp³-hybridized carbons (Fsp3) is 0.0625. The highest BCUT2D eigenvalue weighted by Gasteiger charge is 2.12. The number of hydrogen-bond donors (Lipinski definition) is 3. The predicted octanol–water partition coefficient (Wildman–Crippen LogP) is 3.18.